The second-order valence-corrected chi connectivity index (χ2v) is 8.47. The van der Waals surface area contributed by atoms with E-state index in [1.165, 1.54) is 35.1 Å². The number of benzene rings is 2. The number of amides is 1. The Kier molecular flexibility index (Phi) is 4.84. The molecule has 2 aromatic carbocycles. The van der Waals surface area contributed by atoms with Crippen LogP contribution in [0.1, 0.15) is 27.5 Å². The van der Waals surface area contributed by atoms with Crippen molar-refractivity contribution in [2.45, 2.75) is 19.3 Å². The zero-order valence-corrected chi connectivity index (χ0v) is 17.3. The molecule has 1 aliphatic rings. The maximum atomic E-state index is 14.1. The van der Waals surface area contributed by atoms with E-state index in [0.717, 1.165) is 41.1 Å². The van der Waals surface area contributed by atoms with Gasteiger partial charge in [-0.15, -0.1) is 11.3 Å². The van der Waals surface area contributed by atoms with Gasteiger partial charge in [-0.2, -0.15) is 0 Å². The lowest BCUT2D eigenvalue weighted by molar-refractivity contribution is 0.102. The van der Waals surface area contributed by atoms with Crippen LogP contribution in [0.25, 0.3) is 16.1 Å². The number of halogens is 2. The molecule has 150 valence electrons. The van der Waals surface area contributed by atoms with Crippen LogP contribution in [-0.2, 0) is 12.8 Å². The maximum Gasteiger partial charge on any atom is 0.284 e. The molecular formula is C22H16ClFN4OS. The second-order valence-electron chi connectivity index (χ2n) is 7.04. The first-order valence-electron chi connectivity index (χ1n) is 9.46. The SMILES string of the molecule is O=C(Nc1ccc(Cl)cc1F)c1nc2c(s1)-c1cc(-n3ccnc3)ccc1CCC2. The summed E-state index contributed by atoms with van der Waals surface area (Å²) in [6.45, 7) is 0. The Bertz CT molecular complexity index is 1250. The van der Waals surface area contributed by atoms with Gasteiger partial charge in [0, 0.05) is 23.1 Å². The van der Waals surface area contributed by atoms with Crippen molar-refractivity contribution in [1.29, 1.82) is 0 Å². The van der Waals surface area contributed by atoms with E-state index in [2.05, 4.69) is 33.5 Å². The molecule has 30 heavy (non-hydrogen) atoms. The van der Waals surface area contributed by atoms with Gasteiger partial charge in [0.1, 0.15) is 5.82 Å². The van der Waals surface area contributed by atoms with E-state index in [1.54, 1.807) is 12.5 Å². The van der Waals surface area contributed by atoms with Crippen LogP contribution in [0, 0.1) is 5.82 Å². The van der Waals surface area contributed by atoms with Gasteiger partial charge in [0.25, 0.3) is 5.91 Å². The molecule has 2 heterocycles. The minimum Gasteiger partial charge on any atom is -0.317 e. The number of anilines is 1. The molecule has 1 N–H and O–H groups in total. The molecule has 1 aliphatic carbocycles. The van der Waals surface area contributed by atoms with Crippen molar-refractivity contribution in [3.63, 3.8) is 0 Å². The molecule has 0 unspecified atom stereocenters. The molecule has 8 heteroatoms. The summed E-state index contributed by atoms with van der Waals surface area (Å²) in [5.41, 5.74) is 4.31. The van der Waals surface area contributed by atoms with Crippen molar-refractivity contribution in [3.05, 3.63) is 82.2 Å². The number of imidazole rings is 1. The average molecular weight is 439 g/mol. The average Bonchev–Trinajstić information content (AvgIpc) is 3.38. The standard InChI is InChI=1S/C22H16ClFN4OS/c23-14-5-7-18(17(24)10-14)26-21(29)22-27-19-3-1-2-13-4-6-15(28-9-8-25-12-28)11-16(13)20(19)30-22/h4-12H,1-3H2,(H,26,29). The predicted molar refractivity (Wildman–Crippen MR) is 116 cm³/mol. The second kappa shape index (κ2) is 7.66. The summed E-state index contributed by atoms with van der Waals surface area (Å²) < 4.78 is 16.0. The lowest BCUT2D eigenvalue weighted by Gasteiger charge is -2.09. The molecule has 5 nitrogen and oxygen atoms in total. The van der Waals surface area contributed by atoms with E-state index in [1.807, 2.05) is 10.8 Å². The van der Waals surface area contributed by atoms with Crippen molar-refractivity contribution in [3.8, 4) is 16.1 Å². The third-order valence-electron chi connectivity index (χ3n) is 5.07. The lowest BCUT2D eigenvalue weighted by atomic mass is 10.0. The minimum atomic E-state index is -0.579. The molecule has 0 aliphatic heterocycles. The number of aryl methyl sites for hydroxylation is 2. The van der Waals surface area contributed by atoms with Gasteiger partial charge in [-0.3, -0.25) is 4.79 Å². The van der Waals surface area contributed by atoms with Gasteiger partial charge in [0.15, 0.2) is 5.01 Å². The highest BCUT2D eigenvalue weighted by atomic mass is 35.5. The Morgan fingerprint density at radius 2 is 2.10 bits per heavy atom. The fourth-order valence-electron chi connectivity index (χ4n) is 3.61. The van der Waals surface area contributed by atoms with Crippen molar-refractivity contribution in [1.82, 2.24) is 14.5 Å². The van der Waals surface area contributed by atoms with Crippen LogP contribution in [-0.4, -0.2) is 20.4 Å². The van der Waals surface area contributed by atoms with Gasteiger partial charge in [0.2, 0.25) is 0 Å². The van der Waals surface area contributed by atoms with E-state index in [4.69, 9.17) is 11.6 Å². The third-order valence-corrected chi connectivity index (χ3v) is 6.44. The number of aromatic nitrogens is 3. The Labute approximate surface area is 181 Å². The molecule has 0 spiro atoms. The van der Waals surface area contributed by atoms with Crippen LogP contribution in [0.4, 0.5) is 10.1 Å². The number of hydrogen-bond acceptors (Lipinski definition) is 4. The van der Waals surface area contributed by atoms with Crippen molar-refractivity contribution in [2.24, 2.45) is 0 Å². The fraction of sp³-hybridized carbons (Fsp3) is 0.136. The van der Waals surface area contributed by atoms with E-state index in [-0.39, 0.29) is 10.7 Å². The molecule has 2 aromatic heterocycles. The highest BCUT2D eigenvalue weighted by Crippen LogP contribution is 2.38. The first-order valence-corrected chi connectivity index (χ1v) is 10.7. The number of fused-ring (bicyclic) bond motifs is 3. The Morgan fingerprint density at radius 1 is 1.20 bits per heavy atom. The van der Waals surface area contributed by atoms with Gasteiger partial charge in [0.05, 0.1) is 22.6 Å². The molecule has 0 fully saturated rings. The minimum absolute atomic E-state index is 0.0811. The van der Waals surface area contributed by atoms with E-state index in [9.17, 15) is 9.18 Å². The molecule has 0 saturated heterocycles. The third kappa shape index (κ3) is 3.51. The number of nitrogens with zero attached hydrogens (tertiary/aromatic N) is 3. The number of thiazole rings is 1. The predicted octanol–water partition coefficient (Wildman–Crippen LogP) is 5.53. The smallest absolute Gasteiger partial charge is 0.284 e. The number of carbonyl (C=O) groups excluding carboxylic acids is 1. The first-order chi connectivity index (χ1) is 14.6. The summed E-state index contributed by atoms with van der Waals surface area (Å²) >= 11 is 7.12. The van der Waals surface area contributed by atoms with E-state index >= 15 is 0 Å². The maximum absolute atomic E-state index is 14.1. The molecule has 4 aromatic rings. The van der Waals surface area contributed by atoms with Crippen LogP contribution in [0.15, 0.2) is 55.1 Å². The molecule has 0 bridgehead atoms. The summed E-state index contributed by atoms with van der Waals surface area (Å²) in [5.74, 6) is -1.01. The number of hydrogen-bond donors (Lipinski definition) is 1. The zero-order chi connectivity index (χ0) is 20.7. The summed E-state index contributed by atoms with van der Waals surface area (Å²) in [4.78, 5) is 22.4. The Balaban J connectivity index is 1.51. The molecule has 1 amide bonds. The molecule has 0 atom stereocenters. The van der Waals surface area contributed by atoms with Crippen LogP contribution in [0.2, 0.25) is 5.02 Å². The number of nitrogens with one attached hydrogen (secondary N) is 1. The zero-order valence-electron chi connectivity index (χ0n) is 15.7. The van der Waals surface area contributed by atoms with Gasteiger partial charge in [-0.05, 0) is 60.7 Å². The molecule has 5 rings (SSSR count). The van der Waals surface area contributed by atoms with E-state index < -0.39 is 11.7 Å². The Hall–Kier alpha value is -3.03. The summed E-state index contributed by atoms with van der Waals surface area (Å²) in [7, 11) is 0. The highest BCUT2D eigenvalue weighted by Gasteiger charge is 2.23. The molecular weight excluding hydrogens is 423 g/mol. The highest BCUT2D eigenvalue weighted by molar-refractivity contribution is 7.17. The normalized spacial score (nSPS) is 12.7. The molecule has 0 saturated carbocycles. The van der Waals surface area contributed by atoms with Gasteiger partial charge in [-0.25, -0.2) is 14.4 Å². The van der Waals surface area contributed by atoms with Crippen LogP contribution in [0.3, 0.4) is 0 Å². The molecule has 0 radical (unpaired) electrons. The lowest BCUT2D eigenvalue weighted by Crippen LogP contribution is -2.12. The van der Waals surface area contributed by atoms with Crippen molar-refractivity contribution in [2.75, 3.05) is 5.32 Å². The summed E-state index contributed by atoms with van der Waals surface area (Å²) in [5, 5.41) is 3.19. The fourth-order valence-corrected chi connectivity index (χ4v) is 4.83. The van der Waals surface area contributed by atoms with Crippen molar-refractivity contribution < 1.29 is 9.18 Å². The Morgan fingerprint density at radius 3 is 2.90 bits per heavy atom. The summed E-state index contributed by atoms with van der Waals surface area (Å²) in [6, 6.07) is 10.5. The van der Waals surface area contributed by atoms with Crippen molar-refractivity contribution >= 4 is 34.5 Å². The monoisotopic (exact) mass is 438 g/mol. The first kappa shape index (κ1) is 19.0. The van der Waals surface area contributed by atoms with Gasteiger partial charge >= 0.3 is 0 Å². The number of carbonyl (C=O) groups is 1. The van der Waals surface area contributed by atoms with Crippen LogP contribution < -0.4 is 5.32 Å². The van der Waals surface area contributed by atoms with Gasteiger partial charge < -0.3 is 9.88 Å². The van der Waals surface area contributed by atoms with Crippen LogP contribution >= 0.6 is 22.9 Å². The summed E-state index contributed by atoms with van der Waals surface area (Å²) in [6.07, 6.45) is 8.10. The quantitative estimate of drug-likeness (QED) is 0.457. The topological polar surface area (TPSA) is 59.8 Å². The van der Waals surface area contributed by atoms with Gasteiger partial charge in [-0.1, -0.05) is 17.7 Å². The van der Waals surface area contributed by atoms with E-state index in [0.29, 0.717) is 5.01 Å². The number of rotatable bonds is 3. The van der Waals surface area contributed by atoms with Crippen LogP contribution in [0.5, 0.6) is 0 Å². The largest absolute Gasteiger partial charge is 0.317 e.